The van der Waals surface area contributed by atoms with Crippen molar-refractivity contribution in [3.8, 4) is 0 Å². The molecule has 2 unspecified atom stereocenters. The van der Waals surface area contributed by atoms with E-state index in [-0.39, 0.29) is 10.1 Å². The maximum absolute atomic E-state index is 11.2. The Morgan fingerprint density at radius 1 is 1.05 bits per heavy atom. The highest BCUT2D eigenvalue weighted by atomic mass is 79.9. The Morgan fingerprint density at radius 3 is 2.00 bits per heavy atom. The zero-order valence-electron chi connectivity index (χ0n) is 13.5. The molecule has 2 atom stereocenters. The molecule has 0 spiro atoms. The van der Waals surface area contributed by atoms with Gasteiger partial charge in [-0.15, -0.1) is 0 Å². The lowest BCUT2D eigenvalue weighted by Crippen LogP contribution is -2.20. The topological polar surface area (TPSA) is 66.8 Å². The number of cyclic esters (lactones) is 1. The molecule has 1 aliphatic heterocycles. The molecule has 2 N–H and O–H groups in total. The van der Waals surface area contributed by atoms with Crippen molar-refractivity contribution in [2.45, 2.75) is 89.9 Å². The number of carbonyl (C=O) groups is 1. The Balaban J connectivity index is 2.04. The fourth-order valence-corrected chi connectivity index (χ4v) is 3.29. The molecular formula is C17H29BrO4. The summed E-state index contributed by atoms with van der Waals surface area (Å²) in [6, 6.07) is 0. The molecule has 1 rings (SSSR count). The number of aliphatic hydroxyl groups is 2. The van der Waals surface area contributed by atoms with Crippen molar-refractivity contribution in [1.29, 1.82) is 0 Å². The van der Waals surface area contributed by atoms with Crippen LogP contribution in [0.15, 0.2) is 10.1 Å². The van der Waals surface area contributed by atoms with Crippen LogP contribution in [-0.4, -0.2) is 28.6 Å². The van der Waals surface area contributed by atoms with E-state index in [1.165, 1.54) is 51.4 Å². The van der Waals surface area contributed by atoms with Gasteiger partial charge in [0.2, 0.25) is 6.29 Å². The maximum Gasteiger partial charge on any atom is 0.348 e. The number of halogens is 1. The Morgan fingerprint density at radius 2 is 1.55 bits per heavy atom. The summed E-state index contributed by atoms with van der Waals surface area (Å²) < 4.78 is 4.81. The number of esters is 1. The van der Waals surface area contributed by atoms with Crippen molar-refractivity contribution >= 4 is 21.9 Å². The van der Waals surface area contributed by atoms with E-state index in [0.29, 0.717) is 6.42 Å². The minimum absolute atomic E-state index is 0.166. The molecule has 4 nitrogen and oxygen atoms in total. The second-order valence-electron chi connectivity index (χ2n) is 6.01. The highest BCUT2D eigenvalue weighted by Gasteiger charge is 2.35. The smallest absolute Gasteiger partial charge is 0.348 e. The van der Waals surface area contributed by atoms with Crippen LogP contribution in [0.25, 0.3) is 0 Å². The van der Waals surface area contributed by atoms with E-state index in [0.717, 1.165) is 12.8 Å². The Hall–Kier alpha value is -0.390. The Bertz CT molecular complexity index is 368. The normalized spacial score (nSPS) is 19.6. The van der Waals surface area contributed by atoms with Crippen LogP contribution in [0.1, 0.15) is 77.6 Å². The Labute approximate surface area is 142 Å². The summed E-state index contributed by atoms with van der Waals surface area (Å²) in [6.45, 7) is 2.23. The fourth-order valence-electron chi connectivity index (χ4n) is 2.73. The van der Waals surface area contributed by atoms with E-state index in [9.17, 15) is 15.0 Å². The lowest BCUT2D eigenvalue weighted by Gasteiger charge is -2.14. The van der Waals surface area contributed by atoms with Gasteiger partial charge < -0.3 is 14.9 Å². The number of aliphatic hydroxyl groups excluding tert-OH is 2. The molecule has 0 amide bonds. The lowest BCUT2D eigenvalue weighted by atomic mass is 10.0. The molecule has 0 bridgehead atoms. The van der Waals surface area contributed by atoms with Gasteiger partial charge in [0, 0.05) is 5.57 Å². The lowest BCUT2D eigenvalue weighted by molar-refractivity contribution is -0.152. The summed E-state index contributed by atoms with van der Waals surface area (Å²) in [5, 5.41) is 19.6. The predicted octanol–water partition coefficient (Wildman–Crippen LogP) is 4.18. The van der Waals surface area contributed by atoms with Gasteiger partial charge in [-0.1, -0.05) is 71.1 Å². The van der Waals surface area contributed by atoms with Gasteiger partial charge in [-0.05, 0) is 22.4 Å². The molecule has 1 heterocycles. The van der Waals surface area contributed by atoms with Crippen molar-refractivity contribution in [3.05, 3.63) is 10.1 Å². The first-order valence-corrected chi connectivity index (χ1v) is 9.34. The van der Waals surface area contributed by atoms with Crippen LogP contribution in [0, 0.1) is 0 Å². The van der Waals surface area contributed by atoms with Crippen LogP contribution < -0.4 is 0 Å². The number of unbranched alkanes of at least 4 members (excludes halogenated alkanes) is 9. The summed E-state index contributed by atoms with van der Waals surface area (Å²) in [6.07, 6.45) is 10.8. The molecule has 0 aliphatic carbocycles. The third kappa shape index (κ3) is 6.80. The highest BCUT2D eigenvalue weighted by Crippen LogP contribution is 2.30. The number of hydrogen-bond donors (Lipinski definition) is 2. The number of ether oxygens (including phenoxy) is 1. The number of carbonyl (C=O) groups excluding carboxylic acids is 1. The summed E-state index contributed by atoms with van der Waals surface area (Å²) in [4.78, 5) is 11.2. The van der Waals surface area contributed by atoms with Gasteiger partial charge in [0.1, 0.15) is 4.48 Å². The zero-order chi connectivity index (χ0) is 16.4. The van der Waals surface area contributed by atoms with E-state index < -0.39 is 18.4 Å². The molecule has 0 saturated carbocycles. The minimum Gasteiger partial charge on any atom is -0.428 e. The fraction of sp³-hybridized carbons (Fsp3) is 0.824. The molecule has 0 aromatic rings. The van der Waals surface area contributed by atoms with Crippen molar-refractivity contribution < 1.29 is 19.7 Å². The van der Waals surface area contributed by atoms with Crippen molar-refractivity contribution in [2.75, 3.05) is 0 Å². The quantitative estimate of drug-likeness (QED) is 0.396. The van der Waals surface area contributed by atoms with Crippen molar-refractivity contribution in [1.82, 2.24) is 0 Å². The zero-order valence-corrected chi connectivity index (χ0v) is 15.1. The summed E-state index contributed by atoms with van der Waals surface area (Å²) in [7, 11) is 0. The minimum atomic E-state index is -1.31. The number of hydrogen-bond acceptors (Lipinski definition) is 4. The molecule has 0 fully saturated rings. The van der Waals surface area contributed by atoms with Gasteiger partial charge in [0.15, 0.2) is 0 Å². The summed E-state index contributed by atoms with van der Waals surface area (Å²) in [5.41, 5.74) is 0.265. The molecule has 0 aromatic carbocycles. The molecular weight excluding hydrogens is 348 g/mol. The third-order valence-corrected chi connectivity index (χ3v) is 4.89. The van der Waals surface area contributed by atoms with Crippen LogP contribution in [-0.2, 0) is 9.53 Å². The van der Waals surface area contributed by atoms with Gasteiger partial charge in [0.05, 0.1) is 6.10 Å². The van der Waals surface area contributed by atoms with Crippen LogP contribution in [0.4, 0.5) is 0 Å². The van der Waals surface area contributed by atoms with Crippen molar-refractivity contribution in [3.63, 3.8) is 0 Å². The first-order chi connectivity index (χ1) is 10.6. The third-order valence-electron chi connectivity index (χ3n) is 4.11. The second kappa shape index (κ2) is 11.2. The second-order valence-corrected chi connectivity index (χ2v) is 6.81. The van der Waals surface area contributed by atoms with E-state index in [2.05, 4.69) is 27.6 Å². The van der Waals surface area contributed by atoms with Gasteiger partial charge >= 0.3 is 5.97 Å². The average Bonchev–Trinajstić information content (AvgIpc) is 2.74. The molecule has 5 heteroatoms. The van der Waals surface area contributed by atoms with E-state index in [4.69, 9.17) is 0 Å². The SMILES string of the molecule is CCCCCCCCCCCCC(O)C1=C(Br)C(=O)OC1O. The molecule has 1 aliphatic rings. The first kappa shape index (κ1) is 19.7. The summed E-state index contributed by atoms with van der Waals surface area (Å²) >= 11 is 3.07. The largest absolute Gasteiger partial charge is 0.428 e. The number of rotatable bonds is 12. The van der Waals surface area contributed by atoms with Gasteiger partial charge in [-0.2, -0.15) is 0 Å². The standard InChI is InChI=1S/C17H29BrO4/c1-2-3-4-5-6-7-8-9-10-11-12-13(19)14-15(18)17(21)22-16(14)20/h13,16,19-20H,2-12H2,1H3. The monoisotopic (exact) mass is 376 g/mol. The van der Waals surface area contributed by atoms with Crippen LogP contribution in [0.3, 0.4) is 0 Å². The molecule has 0 aromatic heterocycles. The average molecular weight is 377 g/mol. The molecule has 128 valence electrons. The Kier molecular flexibility index (Phi) is 10.0. The van der Waals surface area contributed by atoms with Gasteiger partial charge in [-0.3, -0.25) is 0 Å². The van der Waals surface area contributed by atoms with Crippen LogP contribution >= 0.6 is 15.9 Å². The summed E-state index contributed by atoms with van der Waals surface area (Å²) in [5.74, 6) is -0.607. The van der Waals surface area contributed by atoms with E-state index >= 15 is 0 Å². The van der Waals surface area contributed by atoms with Crippen molar-refractivity contribution in [2.24, 2.45) is 0 Å². The van der Waals surface area contributed by atoms with Gasteiger partial charge in [0.25, 0.3) is 0 Å². The molecule has 0 saturated heterocycles. The van der Waals surface area contributed by atoms with E-state index in [1.54, 1.807) is 0 Å². The molecule has 22 heavy (non-hydrogen) atoms. The maximum atomic E-state index is 11.2. The predicted molar refractivity (Wildman–Crippen MR) is 90.5 cm³/mol. The highest BCUT2D eigenvalue weighted by molar-refractivity contribution is 9.12. The first-order valence-electron chi connectivity index (χ1n) is 8.54. The van der Waals surface area contributed by atoms with Crippen LogP contribution in [0.2, 0.25) is 0 Å². The van der Waals surface area contributed by atoms with Gasteiger partial charge in [-0.25, -0.2) is 4.79 Å². The van der Waals surface area contributed by atoms with Crippen LogP contribution in [0.5, 0.6) is 0 Å². The van der Waals surface area contributed by atoms with E-state index in [1.807, 2.05) is 0 Å². The molecule has 0 radical (unpaired) electrons.